The van der Waals surface area contributed by atoms with Crippen molar-refractivity contribution in [3.63, 3.8) is 0 Å². The lowest BCUT2D eigenvalue weighted by Gasteiger charge is -2.37. The van der Waals surface area contributed by atoms with Gasteiger partial charge >= 0.3 is 0 Å². The van der Waals surface area contributed by atoms with Crippen LogP contribution < -0.4 is 4.74 Å². The largest absolute Gasteiger partial charge is 0.497 e. The maximum atomic E-state index is 13.1. The summed E-state index contributed by atoms with van der Waals surface area (Å²) in [4.78, 5) is 15.2. The predicted octanol–water partition coefficient (Wildman–Crippen LogP) is 5.11. The third-order valence-corrected chi connectivity index (χ3v) is 5.41. The van der Waals surface area contributed by atoms with Crippen LogP contribution in [-0.2, 0) is 4.74 Å². The van der Waals surface area contributed by atoms with E-state index in [-0.39, 0.29) is 18.1 Å². The van der Waals surface area contributed by atoms with Crippen LogP contribution in [0.2, 0.25) is 0 Å². The molecule has 1 fully saturated rings. The Morgan fingerprint density at radius 1 is 1.11 bits per heavy atom. The highest BCUT2D eigenvalue weighted by molar-refractivity contribution is 5.94. The van der Waals surface area contributed by atoms with Crippen LogP contribution in [0.4, 0.5) is 0 Å². The summed E-state index contributed by atoms with van der Waals surface area (Å²) in [7, 11) is 1.67. The van der Waals surface area contributed by atoms with Gasteiger partial charge in [-0.05, 0) is 69.2 Å². The predicted molar refractivity (Wildman–Crippen MR) is 108 cm³/mol. The molecule has 27 heavy (non-hydrogen) atoms. The first-order valence-electron chi connectivity index (χ1n) is 10.1. The standard InChI is InChI=1S/C23H31NO3/c1-17(2)24(19-7-5-4-6-8-19)23(25)18-9-11-21(12-10-18)27-22-15-13-20(26-3)14-16-22/h9-15,17,19,22H,4-8,16H2,1-3H3. The second kappa shape index (κ2) is 9.12. The monoisotopic (exact) mass is 369 g/mol. The molecule has 0 radical (unpaired) electrons. The number of hydrogen-bond donors (Lipinski definition) is 0. The van der Waals surface area contributed by atoms with Gasteiger partial charge in [0.2, 0.25) is 0 Å². The van der Waals surface area contributed by atoms with Gasteiger partial charge in [-0.3, -0.25) is 4.79 Å². The highest BCUT2D eigenvalue weighted by Crippen LogP contribution is 2.26. The number of rotatable bonds is 6. The maximum absolute atomic E-state index is 13.1. The van der Waals surface area contributed by atoms with Gasteiger partial charge in [-0.1, -0.05) is 19.3 Å². The average molecular weight is 370 g/mol. The molecule has 1 aromatic rings. The second-order valence-electron chi connectivity index (χ2n) is 7.68. The van der Waals surface area contributed by atoms with E-state index in [0.717, 1.165) is 36.3 Å². The number of allylic oxidation sites excluding steroid dienone is 1. The number of methoxy groups -OCH3 is 1. The van der Waals surface area contributed by atoms with E-state index in [4.69, 9.17) is 9.47 Å². The molecule has 2 aliphatic rings. The van der Waals surface area contributed by atoms with Gasteiger partial charge in [0.25, 0.3) is 5.91 Å². The SMILES string of the molecule is COC1=CCC(Oc2ccc(C(=O)N(C(C)C)C3CCCCC3)cc2)C=C1. The number of hydrogen-bond acceptors (Lipinski definition) is 3. The fourth-order valence-corrected chi connectivity index (χ4v) is 4.00. The molecule has 0 aliphatic heterocycles. The van der Waals surface area contributed by atoms with Gasteiger partial charge < -0.3 is 14.4 Å². The summed E-state index contributed by atoms with van der Waals surface area (Å²) in [6, 6.07) is 8.16. The normalized spacial score (nSPS) is 20.3. The topological polar surface area (TPSA) is 38.8 Å². The minimum Gasteiger partial charge on any atom is -0.497 e. The Hall–Kier alpha value is -2.23. The number of amides is 1. The zero-order chi connectivity index (χ0) is 19.2. The molecule has 1 atom stereocenters. The van der Waals surface area contributed by atoms with Crippen LogP contribution in [0.1, 0.15) is 62.7 Å². The van der Waals surface area contributed by atoms with Crippen LogP contribution in [0, 0.1) is 0 Å². The lowest BCUT2D eigenvalue weighted by atomic mass is 9.93. The van der Waals surface area contributed by atoms with E-state index in [1.54, 1.807) is 7.11 Å². The molecule has 1 aromatic carbocycles. The van der Waals surface area contributed by atoms with E-state index in [1.165, 1.54) is 19.3 Å². The van der Waals surface area contributed by atoms with Crippen molar-refractivity contribution in [3.8, 4) is 5.75 Å². The van der Waals surface area contributed by atoms with Crippen LogP contribution in [0.15, 0.2) is 48.3 Å². The van der Waals surface area contributed by atoms with Crippen molar-refractivity contribution in [1.82, 2.24) is 4.90 Å². The van der Waals surface area contributed by atoms with E-state index in [2.05, 4.69) is 18.7 Å². The van der Waals surface area contributed by atoms with E-state index >= 15 is 0 Å². The Morgan fingerprint density at radius 3 is 2.37 bits per heavy atom. The van der Waals surface area contributed by atoms with Crippen molar-refractivity contribution in [2.75, 3.05) is 7.11 Å². The van der Waals surface area contributed by atoms with Gasteiger partial charge in [0, 0.05) is 24.1 Å². The van der Waals surface area contributed by atoms with Gasteiger partial charge in [0.05, 0.1) is 7.11 Å². The zero-order valence-electron chi connectivity index (χ0n) is 16.7. The number of ether oxygens (including phenoxy) is 2. The average Bonchev–Trinajstić information content (AvgIpc) is 2.70. The summed E-state index contributed by atoms with van der Waals surface area (Å²) in [6.07, 6.45) is 12.7. The van der Waals surface area contributed by atoms with Gasteiger partial charge in [-0.15, -0.1) is 0 Å². The highest BCUT2D eigenvalue weighted by atomic mass is 16.5. The molecular weight excluding hydrogens is 338 g/mol. The van der Waals surface area contributed by atoms with E-state index in [9.17, 15) is 4.79 Å². The number of carbonyl (C=O) groups excluding carboxylic acids is 1. The quantitative estimate of drug-likeness (QED) is 0.699. The molecule has 1 unspecified atom stereocenters. The first-order chi connectivity index (χ1) is 13.1. The first kappa shape index (κ1) is 19.5. The van der Waals surface area contributed by atoms with Crippen molar-refractivity contribution in [2.24, 2.45) is 0 Å². The van der Waals surface area contributed by atoms with Crippen molar-refractivity contribution >= 4 is 5.91 Å². The summed E-state index contributed by atoms with van der Waals surface area (Å²) in [5.41, 5.74) is 0.738. The molecule has 0 spiro atoms. The molecule has 4 nitrogen and oxygen atoms in total. The van der Waals surface area contributed by atoms with Gasteiger partial charge in [0.15, 0.2) is 0 Å². The molecule has 0 saturated heterocycles. The van der Waals surface area contributed by atoms with E-state index < -0.39 is 0 Å². The minimum atomic E-state index is -0.000136. The Kier molecular flexibility index (Phi) is 6.59. The third kappa shape index (κ3) is 4.94. The molecule has 0 heterocycles. The smallest absolute Gasteiger partial charge is 0.254 e. The minimum absolute atomic E-state index is 0.000136. The van der Waals surface area contributed by atoms with Crippen LogP contribution in [0.5, 0.6) is 5.75 Å². The maximum Gasteiger partial charge on any atom is 0.254 e. The van der Waals surface area contributed by atoms with Crippen LogP contribution >= 0.6 is 0 Å². The first-order valence-corrected chi connectivity index (χ1v) is 10.1. The van der Waals surface area contributed by atoms with Gasteiger partial charge in [-0.25, -0.2) is 0 Å². The molecule has 4 heteroatoms. The fraction of sp³-hybridized carbons (Fsp3) is 0.522. The molecule has 146 valence electrons. The fourth-order valence-electron chi connectivity index (χ4n) is 4.00. The second-order valence-corrected chi connectivity index (χ2v) is 7.68. The van der Waals surface area contributed by atoms with Crippen molar-refractivity contribution < 1.29 is 14.3 Å². The molecule has 2 aliphatic carbocycles. The lowest BCUT2D eigenvalue weighted by Crippen LogP contribution is -2.45. The Balaban J connectivity index is 1.64. The molecule has 1 amide bonds. The van der Waals surface area contributed by atoms with E-state index in [0.29, 0.717) is 6.04 Å². The highest BCUT2D eigenvalue weighted by Gasteiger charge is 2.28. The lowest BCUT2D eigenvalue weighted by molar-refractivity contribution is 0.0555. The van der Waals surface area contributed by atoms with Crippen molar-refractivity contribution in [3.05, 3.63) is 53.8 Å². The molecular formula is C23H31NO3. The van der Waals surface area contributed by atoms with Crippen LogP contribution in [0.25, 0.3) is 0 Å². The summed E-state index contributed by atoms with van der Waals surface area (Å²) in [6.45, 7) is 4.22. The molecule has 1 saturated carbocycles. The van der Waals surface area contributed by atoms with Gasteiger partial charge in [-0.2, -0.15) is 0 Å². The van der Waals surface area contributed by atoms with Crippen molar-refractivity contribution in [2.45, 2.75) is 70.6 Å². The summed E-state index contributed by atoms with van der Waals surface area (Å²) in [5.74, 6) is 1.78. The zero-order valence-corrected chi connectivity index (χ0v) is 16.7. The summed E-state index contributed by atoms with van der Waals surface area (Å²) in [5, 5.41) is 0. The Morgan fingerprint density at radius 2 is 1.81 bits per heavy atom. The molecule has 0 N–H and O–H groups in total. The van der Waals surface area contributed by atoms with Crippen molar-refractivity contribution in [1.29, 1.82) is 0 Å². The summed E-state index contributed by atoms with van der Waals surface area (Å²) < 4.78 is 11.2. The Labute approximate surface area is 162 Å². The third-order valence-electron chi connectivity index (χ3n) is 5.41. The van der Waals surface area contributed by atoms with Gasteiger partial charge in [0.1, 0.15) is 17.6 Å². The van der Waals surface area contributed by atoms with E-state index in [1.807, 2.05) is 42.5 Å². The molecule has 0 aromatic heterocycles. The van der Waals surface area contributed by atoms with Crippen LogP contribution in [0.3, 0.4) is 0 Å². The number of carbonyl (C=O) groups is 1. The number of benzene rings is 1. The summed E-state index contributed by atoms with van der Waals surface area (Å²) >= 11 is 0. The number of nitrogens with zero attached hydrogens (tertiary/aromatic N) is 1. The molecule has 0 bridgehead atoms. The molecule has 3 rings (SSSR count). The Bertz CT molecular complexity index is 684. The van der Waals surface area contributed by atoms with Crippen LogP contribution in [-0.4, -0.2) is 36.1 Å².